The topological polar surface area (TPSA) is 61.0 Å². The molecule has 1 heterocycles. The molecule has 68 valence electrons. The second kappa shape index (κ2) is 5.12. The van der Waals surface area contributed by atoms with Crippen LogP contribution < -0.4 is 10.5 Å². The number of rotatable bonds is 2. The van der Waals surface area contributed by atoms with Crippen molar-refractivity contribution >= 4 is 0 Å². The summed E-state index contributed by atoms with van der Waals surface area (Å²) in [5.41, 5.74) is 6.06. The van der Waals surface area contributed by atoms with Gasteiger partial charge in [-0.15, -0.1) is 0 Å². The summed E-state index contributed by atoms with van der Waals surface area (Å²) in [6, 6.07) is 0.351. The third-order valence-corrected chi connectivity index (χ3v) is 1.31. The highest BCUT2D eigenvalue weighted by atomic mass is 16.5. The van der Waals surface area contributed by atoms with Crippen LogP contribution in [0.25, 0.3) is 0 Å². The summed E-state index contributed by atoms with van der Waals surface area (Å²) in [4.78, 5) is 7.82. The molecule has 4 nitrogen and oxygen atoms in total. The standard InChI is InChI=1S/C9H11N3O/c1-13-9-11-6-8(7-12-9)4-2-3-5-10/h6-7H,3,5,10H2,1H3. The zero-order valence-corrected chi connectivity index (χ0v) is 7.45. The van der Waals surface area contributed by atoms with Gasteiger partial charge in [0.05, 0.1) is 12.7 Å². The maximum absolute atomic E-state index is 5.28. The molecule has 0 aliphatic carbocycles. The quantitative estimate of drug-likeness (QED) is 0.655. The lowest BCUT2D eigenvalue weighted by molar-refractivity contribution is 0.379. The van der Waals surface area contributed by atoms with Crippen molar-refractivity contribution in [3.63, 3.8) is 0 Å². The van der Waals surface area contributed by atoms with Crippen LogP contribution in [-0.2, 0) is 0 Å². The number of nitrogens with zero attached hydrogens (tertiary/aromatic N) is 2. The fraction of sp³-hybridized carbons (Fsp3) is 0.333. The summed E-state index contributed by atoms with van der Waals surface area (Å²) in [6.07, 6.45) is 3.93. The van der Waals surface area contributed by atoms with Crippen LogP contribution in [0.5, 0.6) is 6.01 Å². The molecule has 1 aromatic rings. The fourth-order valence-corrected chi connectivity index (χ4v) is 0.723. The van der Waals surface area contributed by atoms with Gasteiger partial charge in [-0.1, -0.05) is 11.8 Å². The normalized spacial score (nSPS) is 8.77. The van der Waals surface area contributed by atoms with Crippen molar-refractivity contribution in [2.45, 2.75) is 6.42 Å². The number of nitrogens with two attached hydrogens (primary N) is 1. The summed E-state index contributed by atoms with van der Waals surface area (Å²) >= 11 is 0. The molecule has 0 aromatic carbocycles. The molecule has 0 fully saturated rings. The summed E-state index contributed by atoms with van der Waals surface area (Å²) in [6.45, 7) is 0.573. The van der Waals surface area contributed by atoms with E-state index in [9.17, 15) is 0 Å². The van der Waals surface area contributed by atoms with E-state index in [1.807, 2.05) is 0 Å². The molecule has 2 N–H and O–H groups in total. The van der Waals surface area contributed by atoms with Crippen LogP contribution in [0.1, 0.15) is 12.0 Å². The van der Waals surface area contributed by atoms with Crippen LogP contribution in [-0.4, -0.2) is 23.6 Å². The predicted molar refractivity (Wildman–Crippen MR) is 49.1 cm³/mol. The second-order valence-electron chi connectivity index (χ2n) is 2.30. The van der Waals surface area contributed by atoms with E-state index in [0.717, 1.165) is 5.56 Å². The van der Waals surface area contributed by atoms with Crippen LogP contribution in [0.4, 0.5) is 0 Å². The smallest absolute Gasteiger partial charge is 0.316 e. The van der Waals surface area contributed by atoms with Gasteiger partial charge < -0.3 is 10.5 Å². The van der Waals surface area contributed by atoms with Gasteiger partial charge in [0.1, 0.15) is 0 Å². The molecule has 0 unspecified atom stereocenters. The molecule has 4 heteroatoms. The number of methoxy groups -OCH3 is 1. The maximum Gasteiger partial charge on any atom is 0.316 e. The predicted octanol–water partition coefficient (Wildman–Crippen LogP) is 0.185. The lowest BCUT2D eigenvalue weighted by Crippen LogP contribution is -1.95. The minimum absolute atomic E-state index is 0.351. The molecule has 0 saturated carbocycles. The Kier molecular flexibility index (Phi) is 3.74. The molecule has 0 spiro atoms. The largest absolute Gasteiger partial charge is 0.467 e. The monoisotopic (exact) mass is 177 g/mol. The van der Waals surface area contributed by atoms with Crippen molar-refractivity contribution in [3.05, 3.63) is 18.0 Å². The van der Waals surface area contributed by atoms with Crippen molar-refractivity contribution in [1.82, 2.24) is 9.97 Å². The fourth-order valence-electron chi connectivity index (χ4n) is 0.723. The van der Waals surface area contributed by atoms with E-state index < -0.39 is 0 Å². The van der Waals surface area contributed by atoms with Gasteiger partial charge in [0.15, 0.2) is 0 Å². The molecular formula is C9H11N3O. The molecule has 0 bridgehead atoms. The molecule has 0 radical (unpaired) electrons. The van der Waals surface area contributed by atoms with Crippen molar-refractivity contribution in [3.8, 4) is 17.9 Å². The Morgan fingerprint density at radius 2 is 2.15 bits per heavy atom. The molecule has 0 saturated heterocycles. The van der Waals surface area contributed by atoms with Crippen LogP contribution in [0, 0.1) is 11.8 Å². The Morgan fingerprint density at radius 1 is 1.46 bits per heavy atom. The van der Waals surface area contributed by atoms with E-state index in [1.54, 1.807) is 12.4 Å². The molecule has 1 rings (SSSR count). The van der Waals surface area contributed by atoms with Crippen LogP contribution >= 0.6 is 0 Å². The number of hydrogen-bond donors (Lipinski definition) is 1. The molecular weight excluding hydrogens is 166 g/mol. The zero-order valence-electron chi connectivity index (χ0n) is 7.45. The van der Waals surface area contributed by atoms with Gasteiger partial charge in [-0.3, -0.25) is 0 Å². The van der Waals surface area contributed by atoms with Gasteiger partial charge in [-0.25, -0.2) is 9.97 Å². The van der Waals surface area contributed by atoms with Gasteiger partial charge in [0.25, 0.3) is 0 Å². The third-order valence-electron chi connectivity index (χ3n) is 1.31. The van der Waals surface area contributed by atoms with Crippen LogP contribution in [0.2, 0.25) is 0 Å². The highest BCUT2D eigenvalue weighted by molar-refractivity contribution is 5.29. The average molecular weight is 177 g/mol. The third kappa shape index (κ3) is 3.09. The Balaban J connectivity index is 2.65. The van der Waals surface area contributed by atoms with Gasteiger partial charge in [-0.2, -0.15) is 0 Å². The first-order valence-corrected chi connectivity index (χ1v) is 3.92. The van der Waals surface area contributed by atoms with Crippen molar-refractivity contribution in [1.29, 1.82) is 0 Å². The van der Waals surface area contributed by atoms with E-state index in [4.69, 9.17) is 10.5 Å². The zero-order chi connectivity index (χ0) is 9.52. The molecule has 13 heavy (non-hydrogen) atoms. The molecule has 0 aliphatic rings. The van der Waals surface area contributed by atoms with Crippen LogP contribution in [0.15, 0.2) is 12.4 Å². The minimum Gasteiger partial charge on any atom is -0.467 e. The van der Waals surface area contributed by atoms with Gasteiger partial charge in [0.2, 0.25) is 0 Å². The van der Waals surface area contributed by atoms with Crippen molar-refractivity contribution in [2.75, 3.05) is 13.7 Å². The second-order valence-corrected chi connectivity index (χ2v) is 2.30. The summed E-state index contributed by atoms with van der Waals surface area (Å²) in [5.74, 6) is 5.78. The Hall–Kier alpha value is -1.60. The van der Waals surface area contributed by atoms with Gasteiger partial charge >= 0.3 is 6.01 Å². The summed E-state index contributed by atoms with van der Waals surface area (Å²) in [7, 11) is 1.52. The van der Waals surface area contributed by atoms with E-state index in [1.165, 1.54) is 7.11 Å². The van der Waals surface area contributed by atoms with Crippen LogP contribution in [0.3, 0.4) is 0 Å². The van der Waals surface area contributed by atoms with Crippen molar-refractivity contribution in [2.24, 2.45) is 5.73 Å². The average Bonchev–Trinajstić information content (AvgIpc) is 2.19. The molecule has 0 aliphatic heterocycles. The Bertz CT molecular complexity index is 310. The SMILES string of the molecule is COc1ncc(C#CCCN)cn1. The Labute approximate surface area is 77.1 Å². The lowest BCUT2D eigenvalue weighted by Gasteiger charge is -1.94. The van der Waals surface area contributed by atoms with Crippen molar-refractivity contribution < 1.29 is 4.74 Å². The van der Waals surface area contributed by atoms with E-state index in [2.05, 4.69) is 21.8 Å². The first-order chi connectivity index (χ1) is 6.36. The number of aromatic nitrogens is 2. The lowest BCUT2D eigenvalue weighted by atomic mass is 10.3. The Morgan fingerprint density at radius 3 is 2.69 bits per heavy atom. The minimum atomic E-state index is 0.351. The first-order valence-electron chi connectivity index (χ1n) is 3.92. The number of ether oxygens (including phenoxy) is 1. The maximum atomic E-state index is 5.28. The first kappa shape index (κ1) is 9.49. The van der Waals surface area contributed by atoms with E-state index >= 15 is 0 Å². The highest BCUT2D eigenvalue weighted by Gasteiger charge is 1.92. The van der Waals surface area contributed by atoms with E-state index in [-0.39, 0.29) is 0 Å². The molecule has 1 aromatic heterocycles. The molecule has 0 amide bonds. The van der Waals surface area contributed by atoms with Gasteiger partial charge in [-0.05, 0) is 0 Å². The summed E-state index contributed by atoms with van der Waals surface area (Å²) in [5, 5.41) is 0. The summed E-state index contributed by atoms with van der Waals surface area (Å²) < 4.78 is 4.80. The van der Waals surface area contributed by atoms with E-state index in [0.29, 0.717) is 19.0 Å². The highest BCUT2D eigenvalue weighted by Crippen LogP contribution is 1.99. The number of hydrogen-bond acceptors (Lipinski definition) is 4. The molecule has 0 atom stereocenters. The van der Waals surface area contributed by atoms with Gasteiger partial charge in [0, 0.05) is 25.4 Å².